The van der Waals surface area contributed by atoms with Crippen molar-refractivity contribution in [2.75, 3.05) is 11.9 Å². The molecule has 1 amide bonds. The van der Waals surface area contributed by atoms with E-state index in [2.05, 4.69) is 16.4 Å². The quantitative estimate of drug-likeness (QED) is 0.760. The van der Waals surface area contributed by atoms with Crippen LogP contribution in [0.3, 0.4) is 0 Å². The van der Waals surface area contributed by atoms with Crippen LogP contribution in [0.5, 0.6) is 5.75 Å². The van der Waals surface area contributed by atoms with E-state index in [1.807, 2.05) is 56.3 Å². The van der Waals surface area contributed by atoms with Crippen LogP contribution in [-0.2, 0) is 0 Å². The summed E-state index contributed by atoms with van der Waals surface area (Å²) in [5.41, 5.74) is 3.42. The van der Waals surface area contributed by atoms with Gasteiger partial charge < -0.3 is 15.0 Å². The Bertz CT molecular complexity index is 804. The van der Waals surface area contributed by atoms with E-state index in [0.717, 1.165) is 22.3 Å². The molecule has 1 aromatic heterocycles. The fourth-order valence-corrected chi connectivity index (χ4v) is 2.37. The van der Waals surface area contributed by atoms with Gasteiger partial charge in [0, 0.05) is 16.6 Å². The number of ether oxygens (including phenoxy) is 1. The predicted octanol–water partition coefficient (Wildman–Crippen LogP) is 4.13. The van der Waals surface area contributed by atoms with Crippen molar-refractivity contribution in [3.63, 3.8) is 0 Å². The molecule has 3 rings (SSSR count). The first-order valence-corrected chi connectivity index (χ1v) is 7.29. The molecule has 0 atom stereocenters. The van der Waals surface area contributed by atoms with E-state index in [1.54, 1.807) is 0 Å². The molecule has 0 saturated carbocycles. The number of rotatable bonds is 4. The minimum atomic E-state index is -0.155. The molecule has 4 nitrogen and oxygen atoms in total. The second-order valence-electron chi connectivity index (χ2n) is 5.19. The van der Waals surface area contributed by atoms with Crippen molar-refractivity contribution in [1.82, 2.24) is 4.98 Å². The van der Waals surface area contributed by atoms with E-state index in [9.17, 15) is 4.79 Å². The maximum atomic E-state index is 12.3. The molecule has 1 heterocycles. The van der Waals surface area contributed by atoms with Gasteiger partial charge in [-0.05, 0) is 56.3 Å². The van der Waals surface area contributed by atoms with Crippen molar-refractivity contribution in [1.29, 1.82) is 0 Å². The van der Waals surface area contributed by atoms with Crippen LogP contribution in [0.25, 0.3) is 10.9 Å². The normalized spacial score (nSPS) is 10.6. The number of carbonyl (C=O) groups excluding carboxylic acids is 1. The second kappa shape index (κ2) is 5.93. The highest BCUT2D eigenvalue weighted by molar-refractivity contribution is 6.06. The molecule has 0 bridgehead atoms. The molecule has 2 N–H and O–H groups in total. The van der Waals surface area contributed by atoms with Crippen LogP contribution in [0.4, 0.5) is 5.69 Å². The standard InChI is InChI=1S/C18H18N2O2/c1-3-22-15-7-5-14(6-8-15)19-18(21)17-11-13-10-12(2)4-9-16(13)20-17/h4-11,20H,3H2,1-2H3,(H,19,21). The minimum absolute atomic E-state index is 0.155. The van der Waals surface area contributed by atoms with Crippen molar-refractivity contribution in [2.45, 2.75) is 13.8 Å². The monoisotopic (exact) mass is 294 g/mol. The molecule has 0 aliphatic rings. The fourth-order valence-electron chi connectivity index (χ4n) is 2.37. The van der Waals surface area contributed by atoms with Crippen LogP contribution in [0.15, 0.2) is 48.5 Å². The van der Waals surface area contributed by atoms with Gasteiger partial charge in [-0.15, -0.1) is 0 Å². The van der Waals surface area contributed by atoms with Crippen molar-refractivity contribution in [3.05, 3.63) is 59.8 Å². The van der Waals surface area contributed by atoms with Crippen LogP contribution in [0.1, 0.15) is 23.0 Å². The lowest BCUT2D eigenvalue weighted by Gasteiger charge is -2.06. The van der Waals surface area contributed by atoms with E-state index in [-0.39, 0.29) is 5.91 Å². The predicted molar refractivity (Wildman–Crippen MR) is 88.6 cm³/mol. The summed E-state index contributed by atoms with van der Waals surface area (Å²) in [6.45, 7) is 4.60. The minimum Gasteiger partial charge on any atom is -0.494 e. The van der Waals surface area contributed by atoms with E-state index >= 15 is 0 Å². The Balaban J connectivity index is 1.77. The van der Waals surface area contributed by atoms with Gasteiger partial charge in [0.15, 0.2) is 0 Å². The molecule has 2 aromatic carbocycles. The third-order valence-electron chi connectivity index (χ3n) is 3.44. The number of benzene rings is 2. The number of carbonyl (C=O) groups is 1. The molecular weight excluding hydrogens is 276 g/mol. The van der Waals surface area contributed by atoms with Gasteiger partial charge in [-0.1, -0.05) is 11.6 Å². The Labute approximate surface area is 129 Å². The highest BCUT2D eigenvalue weighted by atomic mass is 16.5. The van der Waals surface area contributed by atoms with Crippen LogP contribution in [0, 0.1) is 6.92 Å². The van der Waals surface area contributed by atoms with E-state index in [0.29, 0.717) is 12.3 Å². The molecule has 4 heteroatoms. The Hall–Kier alpha value is -2.75. The Morgan fingerprint density at radius 1 is 1.14 bits per heavy atom. The largest absolute Gasteiger partial charge is 0.494 e. The third kappa shape index (κ3) is 2.96. The maximum Gasteiger partial charge on any atom is 0.272 e. The average molecular weight is 294 g/mol. The molecule has 0 saturated heterocycles. The summed E-state index contributed by atoms with van der Waals surface area (Å²) in [7, 11) is 0. The first-order chi connectivity index (χ1) is 10.7. The van der Waals surface area contributed by atoms with Gasteiger partial charge in [0.1, 0.15) is 11.4 Å². The lowest BCUT2D eigenvalue weighted by atomic mass is 10.2. The third-order valence-corrected chi connectivity index (χ3v) is 3.44. The Kier molecular flexibility index (Phi) is 3.83. The SMILES string of the molecule is CCOc1ccc(NC(=O)c2cc3cc(C)ccc3[nH]2)cc1. The van der Waals surface area contributed by atoms with Crippen LogP contribution >= 0.6 is 0 Å². The number of hydrogen-bond donors (Lipinski definition) is 2. The first kappa shape index (κ1) is 14.2. The number of aromatic amines is 1. The summed E-state index contributed by atoms with van der Waals surface area (Å²) in [6.07, 6.45) is 0. The second-order valence-corrected chi connectivity index (χ2v) is 5.19. The highest BCUT2D eigenvalue weighted by Gasteiger charge is 2.10. The topological polar surface area (TPSA) is 54.1 Å². The number of H-pyrrole nitrogens is 1. The van der Waals surface area contributed by atoms with Crippen molar-refractivity contribution >= 4 is 22.5 Å². The summed E-state index contributed by atoms with van der Waals surface area (Å²) >= 11 is 0. The molecule has 112 valence electrons. The van der Waals surface area contributed by atoms with Gasteiger partial charge >= 0.3 is 0 Å². The molecule has 0 unspecified atom stereocenters. The zero-order valence-corrected chi connectivity index (χ0v) is 12.6. The van der Waals surface area contributed by atoms with Crippen molar-refractivity contribution < 1.29 is 9.53 Å². The number of aromatic nitrogens is 1. The number of amides is 1. The summed E-state index contributed by atoms with van der Waals surface area (Å²) < 4.78 is 5.38. The van der Waals surface area contributed by atoms with E-state index in [4.69, 9.17) is 4.74 Å². The zero-order chi connectivity index (χ0) is 15.5. The number of anilines is 1. The van der Waals surface area contributed by atoms with Gasteiger partial charge in [-0.3, -0.25) is 4.79 Å². The van der Waals surface area contributed by atoms with Gasteiger partial charge in [0.25, 0.3) is 5.91 Å². The average Bonchev–Trinajstić information content (AvgIpc) is 2.92. The number of nitrogens with one attached hydrogen (secondary N) is 2. The maximum absolute atomic E-state index is 12.3. The van der Waals surface area contributed by atoms with E-state index < -0.39 is 0 Å². The van der Waals surface area contributed by atoms with Crippen LogP contribution in [-0.4, -0.2) is 17.5 Å². The summed E-state index contributed by atoms with van der Waals surface area (Å²) in [6, 6.07) is 15.3. The molecule has 0 aliphatic carbocycles. The Morgan fingerprint density at radius 3 is 2.64 bits per heavy atom. The van der Waals surface area contributed by atoms with Crippen molar-refractivity contribution in [3.8, 4) is 5.75 Å². The van der Waals surface area contributed by atoms with Crippen molar-refractivity contribution in [2.24, 2.45) is 0 Å². The Morgan fingerprint density at radius 2 is 1.91 bits per heavy atom. The number of hydrogen-bond acceptors (Lipinski definition) is 2. The molecular formula is C18H18N2O2. The highest BCUT2D eigenvalue weighted by Crippen LogP contribution is 2.19. The fraction of sp³-hybridized carbons (Fsp3) is 0.167. The molecule has 3 aromatic rings. The number of aryl methyl sites for hydroxylation is 1. The van der Waals surface area contributed by atoms with Gasteiger partial charge in [0.2, 0.25) is 0 Å². The summed E-state index contributed by atoms with van der Waals surface area (Å²) in [5, 5.41) is 3.92. The van der Waals surface area contributed by atoms with Gasteiger partial charge in [-0.2, -0.15) is 0 Å². The molecule has 0 spiro atoms. The molecule has 0 fully saturated rings. The van der Waals surface area contributed by atoms with Gasteiger partial charge in [-0.25, -0.2) is 0 Å². The smallest absolute Gasteiger partial charge is 0.272 e. The molecule has 0 radical (unpaired) electrons. The summed E-state index contributed by atoms with van der Waals surface area (Å²) in [4.78, 5) is 15.4. The zero-order valence-electron chi connectivity index (χ0n) is 12.6. The van der Waals surface area contributed by atoms with Crippen LogP contribution in [0.2, 0.25) is 0 Å². The van der Waals surface area contributed by atoms with Crippen LogP contribution < -0.4 is 10.1 Å². The number of fused-ring (bicyclic) bond motifs is 1. The van der Waals surface area contributed by atoms with Gasteiger partial charge in [0.05, 0.1) is 6.61 Å². The first-order valence-electron chi connectivity index (χ1n) is 7.29. The lowest BCUT2D eigenvalue weighted by molar-refractivity contribution is 0.102. The molecule has 22 heavy (non-hydrogen) atoms. The van der Waals surface area contributed by atoms with E-state index in [1.165, 1.54) is 5.56 Å². The molecule has 0 aliphatic heterocycles. The lowest BCUT2D eigenvalue weighted by Crippen LogP contribution is -2.12. The summed E-state index contributed by atoms with van der Waals surface area (Å²) in [5.74, 6) is 0.639.